The summed E-state index contributed by atoms with van der Waals surface area (Å²) in [7, 11) is 1.61. The topological polar surface area (TPSA) is 84.4 Å². The number of hydrogen-bond acceptors (Lipinski definition) is 4. The number of H-pyrrole nitrogens is 1. The molecule has 0 aliphatic carbocycles. The van der Waals surface area contributed by atoms with Crippen molar-refractivity contribution in [3.8, 4) is 5.75 Å². The van der Waals surface area contributed by atoms with Crippen LogP contribution in [0.3, 0.4) is 0 Å². The number of halogens is 1. The van der Waals surface area contributed by atoms with E-state index in [9.17, 15) is 18.8 Å². The van der Waals surface area contributed by atoms with Crippen LogP contribution in [0.2, 0.25) is 0 Å². The molecule has 0 radical (unpaired) electrons. The van der Waals surface area contributed by atoms with Gasteiger partial charge in [0.1, 0.15) is 11.6 Å². The van der Waals surface area contributed by atoms with E-state index in [1.54, 1.807) is 12.0 Å². The monoisotopic (exact) mass is 425 g/mol. The zero-order valence-corrected chi connectivity index (χ0v) is 17.3. The second-order valence-electron chi connectivity index (χ2n) is 7.72. The minimum atomic E-state index is -0.529. The van der Waals surface area contributed by atoms with Gasteiger partial charge in [0.2, 0.25) is 5.91 Å². The number of methoxy groups -OCH3 is 1. The number of amides is 1. The number of fused-ring (bicyclic) bond motifs is 1. The quantitative estimate of drug-likeness (QED) is 0.681. The Labute approximate surface area is 178 Å². The first kappa shape index (κ1) is 20.8. The van der Waals surface area contributed by atoms with E-state index in [1.807, 2.05) is 24.3 Å². The molecule has 1 aliphatic rings. The highest BCUT2D eigenvalue weighted by Crippen LogP contribution is 2.23. The van der Waals surface area contributed by atoms with Crippen LogP contribution in [0.5, 0.6) is 5.75 Å². The molecule has 0 unspecified atom stereocenters. The van der Waals surface area contributed by atoms with E-state index >= 15 is 0 Å². The van der Waals surface area contributed by atoms with Crippen molar-refractivity contribution in [3.05, 3.63) is 74.7 Å². The molecule has 7 nitrogen and oxygen atoms in total. The Kier molecular flexibility index (Phi) is 5.88. The van der Waals surface area contributed by atoms with Crippen molar-refractivity contribution >= 4 is 16.8 Å². The van der Waals surface area contributed by atoms with Gasteiger partial charge in [-0.25, -0.2) is 9.18 Å². The maximum Gasteiger partial charge on any atom is 0.329 e. The highest BCUT2D eigenvalue weighted by molar-refractivity contribution is 5.77. The van der Waals surface area contributed by atoms with Crippen molar-refractivity contribution < 1.29 is 13.9 Å². The third-order valence-electron chi connectivity index (χ3n) is 5.87. The fourth-order valence-corrected chi connectivity index (χ4v) is 4.21. The fraction of sp³-hybridized carbons (Fsp3) is 0.348. The molecule has 2 heterocycles. The summed E-state index contributed by atoms with van der Waals surface area (Å²) in [6, 6.07) is 11.0. The number of hydrogen-bond donors (Lipinski definition) is 1. The normalized spacial score (nSPS) is 14.7. The van der Waals surface area contributed by atoms with Crippen LogP contribution in [0.4, 0.5) is 4.39 Å². The highest BCUT2D eigenvalue weighted by atomic mass is 19.1. The molecule has 31 heavy (non-hydrogen) atoms. The number of piperidine rings is 1. The molecular weight excluding hydrogens is 401 g/mol. The van der Waals surface area contributed by atoms with Gasteiger partial charge in [0, 0.05) is 25.6 Å². The molecule has 2 aromatic carbocycles. The lowest BCUT2D eigenvalue weighted by atomic mass is 10.0. The predicted molar refractivity (Wildman–Crippen MR) is 115 cm³/mol. The molecule has 1 amide bonds. The van der Waals surface area contributed by atoms with Crippen LogP contribution in [0.1, 0.15) is 30.9 Å². The van der Waals surface area contributed by atoms with Gasteiger partial charge in [0.05, 0.1) is 18.0 Å². The van der Waals surface area contributed by atoms with Crippen LogP contribution in [-0.2, 0) is 11.2 Å². The van der Waals surface area contributed by atoms with Gasteiger partial charge in [-0.15, -0.1) is 0 Å². The number of aryl methyl sites for hydroxylation is 1. The average molecular weight is 425 g/mol. The molecule has 0 atom stereocenters. The number of para-hydroxylation sites is 1. The van der Waals surface area contributed by atoms with E-state index in [-0.39, 0.29) is 17.3 Å². The number of nitrogens with one attached hydrogen (secondary N) is 1. The second-order valence-corrected chi connectivity index (χ2v) is 7.72. The number of rotatable bonds is 5. The minimum absolute atomic E-state index is 0.0335. The highest BCUT2D eigenvalue weighted by Gasteiger charge is 2.26. The van der Waals surface area contributed by atoms with Crippen LogP contribution in [0, 0.1) is 5.82 Å². The standard InChI is InChI=1S/C23H24FN3O4/c1-31-20-5-3-2-4-15(20)6-9-21(28)26-12-10-17(11-13-26)27-22(29)18-14-16(24)7-8-19(18)25-23(27)30/h2-5,7-8,14,17H,6,9-13H2,1H3,(H,25,30). The van der Waals surface area contributed by atoms with Gasteiger partial charge < -0.3 is 14.6 Å². The maximum atomic E-state index is 13.6. The number of carbonyl (C=O) groups is 1. The van der Waals surface area contributed by atoms with E-state index in [4.69, 9.17) is 4.74 Å². The van der Waals surface area contributed by atoms with Gasteiger partial charge >= 0.3 is 5.69 Å². The molecule has 0 spiro atoms. The number of carbonyl (C=O) groups excluding carboxylic acids is 1. The summed E-state index contributed by atoms with van der Waals surface area (Å²) in [6.07, 6.45) is 1.92. The lowest BCUT2D eigenvalue weighted by Gasteiger charge is -2.32. The molecular formula is C23H24FN3O4. The molecule has 4 rings (SSSR count). The summed E-state index contributed by atoms with van der Waals surface area (Å²) in [5.41, 5.74) is 0.288. The van der Waals surface area contributed by atoms with Crippen molar-refractivity contribution in [2.24, 2.45) is 0 Å². The van der Waals surface area contributed by atoms with Crippen molar-refractivity contribution in [2.45, 2.75) is 31.7 Å². The summed E-state index contributed by atoms with van der Waals surface area (Å²) >= 11 is 0. The Hall–Kier alpha value is -3.42. The van der Waals surface area contributed by atoms with Gasteiger partial charge in [-0.3, -0.25) is 14.2 Å². The summed E-state index contributed by atoms with van der Waals surface area (Å²) in [5.74, 6) is 0.269. The Morgan fingerprint density at radius 1 is 1.16 bits per heavy atom. The van der Waals surface area contributed by atoms with Crippen LogP contribution < -0.4 is 16.0 Å². The van der Waals surface area contributed by atoms with E-state index in [2.05, 4.69) is 4.98 Å². The van der Waals surface area contributed by atoms with Gasteiger partial charge in [-0.1, -0.05) is 18.2 Å². The van der Waals surface area contributed by atoms with Crippen molar-refractivity contribution in [2.75, 3.05) is 20.2 Å². The fourth-order valence-electron chi connectivity index (χ4n) is 4.21. The Bertz CT molecular complexity index is 1230. The lowest BCUT2D eigenvalue weighted by molar-refractivity contribution is -0.132. The number of aromatic nitrogens is 2. The van der Waals surface area contributed by atoms with Crippen molar-refractivity contribution in [3.63, 3.8) is 0 Å². The van der Waals surface area contributed by atoms with Crippen molar-refractivity contribution in [1.29, 1.82) is 0 Å². The van der Waals surface area contributed by atoms with E-state index < -0.39 is 17.1 Å². The van der Waals surface area contributed by atoms with Gasteiger partial charge in [0.25, 0.3) is 5.56 Å². The molecule has 0 bridgehead atoms. The first-order chi connectivity index (χ1) is 15.0. The molecule has 1 N–H and O–H groups in total. The van der Waals surface area contributed by atoms with Crippen molar-refractivity contribution in [1.82, 2.24) is 14.5 Å². The third-order valence-corrected chi connectivity index (χ3v) is 5.87. The molecule has 0 saturated carbocycles. The minimum Gasteiger partial charge on any atom is -0.496 e. The molecule has 8 heteroatoms. The zero-order chi connectivity index (χ0) is 22.0. The van der Waals surface area contributed by atoms with Crippen LogP contribution >= 0.6 is 0 Å². The molecule has 1 fully saturated rings. The van der Waals surface area contributed by atoms with Gasteiger partial charge in [0.15, 0.2) is 0 Å². The summed E-state index contributed by atoms with van der Waals surface area (Å²) in [4.78, 5) is 42.4. The summed E-state index contributed by atoms with van der Waals surface area (Å²) in [6.45, 7) is 0.922. The smallest absolute Gasteiger partial charge is 0.329 e. The first-order valence-electron chi connectivity index (χ1n) is 10.3. The number of benzene rings is 2. The maximum absolute atomic E-state index is 13.6. The Morgan fingerprint density at radius 3 is 2.65 bits per heavy atom. The van der Waals surface area contributed by atoms with E-state index in [1.165, 1.54) is 16.7 Å². The summed E-state index contributed by atoms with van der Waals surface area (Å²) in [5, 5.41) is 0.148. The largest absolute Gasteiger partial charge is 0.496 e. The van der Waals surface area contributed by atoms with Crippen LogP contribution in [0.15, 0.2) is 52.1 Å². The predicted octanol–water partition coefficient (Wildman–Crippen LogP) is 2.63. The third kappa shape index (κ3) is 4.23. The molecule has 162 valence electrons. The van der Waals surface area contributed by atoms with E-state index in [0.29, 0.717) is 44.3 Å². The molecule has 1 saturated heterocycles. The summed E-state index contributed by atoms with van der Waals surface area (Å²) < 4.78 is 20.1. The Morgan fingerprint density at radius 2 is 1.90 bits per heavy atom. The average Bonchev–Trinajstić information content (AvgIpc) is 2.78. The molecule has 3 aromatic rings. The molecule has 1 aromatic heterocycles. The zero-order valence-electron chi connectivity index (χ0n) is 17.3. The number of likely N-dealkylation sites (tertiary alicyclic amines) is 1. The van der Waals surface area contributed by atoms with Gasteiger partial charge in [-0.05, 0) is 49.1 Å². The van der Waals surface area contributed by atoms with E-state index in [0.717, 1.165) is 17.4 Å². The molecule has 1 aliphatic heterocycles. The SMILES string of the molecule is COc1ccccc1CCC(=O)N1CCC(n2c(=O)[nH]c3ccc(F)cc3c2=O)CC1. The van der Waals surface area contributed by atoms with Crippen LogP contribution in [0.25, 0.3) is 10.9 Å². The lowest BCUT2D eigenvalue weighted by Crippen LogP contribution is -2.45. The Balaban J connectivity index is 1.43. The van der Waals surface area contributed by atoms with Gasteiger partial charge in [-0.2, -0.15) is 0 Å². The second kappa shape index (κ2) is 8.75. The van der Waals surface area contributed by atoms with Crippen LogP contribution in [-0.4, -0.2) is 40.6 Å². The first-order valence-corrected chi connectivity index (χ1v) is 10.3. The number of aromatic amines is 1. The number of ether oxygens (including phenoxy) is 1. The number of nitrogens with zero attached hydrogens (tertiary/aromatic N) is 2.